The van der Waals surface area contributed by atoms with Gasteiger partial charge in [0.15, 0.2) is 0 Å². The third kappa shape index (κ3) is 3.63. The molecule has 0 bridgehead atoms. The monoisotopic (exact) mass is 184 g/mol. The van der Waals surface area contributed by atoms with E-state index in [-0.39, 0.29) is 0 Å². The van der Waals surface area contributed by atoms with Crippen molar-refractivity contribution in [2.45, 2.75) is 50.2 Å². The molecular weight excluding hydrogens is 162 g/mol. The largest absolute Gasteiger partial charge is 0.328 e. The highest BCUT2D eigenvalue weighted by Crippen LogP contribution is 2.28. The molecule has 13 heavy (non-hydrogen) atoms. The molecule has 1 radical (unpaired) electrons. The van der Waals surface area contributed by atoms with E-state index < -0.39 is 5.66 Å². The number of hydrogen-bond acceptors (Lipinski definition) is 3. The van der Waals surface area contributed by atoms with E-state index in [0.29, 0.717) is 18.4 Å². The van der Waals surface area contributed by atoms with Crippen LogP contribution in [0.25, 0.3) is 0 Å². The molecule has 0 aromatic heterocycles. The standard InChI is InChI=1S/C10H22N3/c1-2-10(12,13)7-8-3-5-9(11)6-4-8/h8-9H,1-7,11-13H2. The van der Waals surface area contributed by atoms with Gasteiger partial charge in [0, 0.05) is 6.04 Å². The van der Waals surface area contributed by atoms with Gasteiger partial charge in [-0.2, -0.15) is 0 Å². The molecule has 1 aliphatic carbocycles. The van der Waals surface area contributed by atoms with Crippen LogP contribution in [0.4, 0.5) is 0 Å². The van der Waals surface area contributed by atoms with E-state index in [9.17, 15) is 0 Å². The lowest BCUT2D eigenvalue weighted by atomic mass is 9.81. The Balaban J connectivity index is 2.30. The van der Waals surface area contributed by atoms with E-state index in [1.165, 1.54) is 12.8 Å². The van der Waals surface area contributed by atoms with E-state index in [4.69, 9.17) is 17.2 Å². The lowest BCUT2D eigenvalue weighted by Crippen LogP contribution is -2.50. The van der Waals surface area contributed by atoms with Crippen molar-refractivity contribution in [3.63, 3.8) is 0 Å². The summed E-state index contributed by atoms with van der Waals surface area (Å²) in [6.07, 6.45) is 6.10. The minimum absolute atomic E-state index is 0.404. The van der Waals surface area contributed by atoms with E-state index in [0.717, 1.165) is 19.3 Å². The van der Waals surface area contributed by atoms with Gasteiger partial charge in [-0.05, 0) is 44.4 Å². The molecule has 6 N–H and O–H groups in total. The molecular formula is C10H22N3. The second-order valence-electron chi connectivity index (χ2n) is 4.47. The first-order valence-electron chi connectivity index (χ1n) is 5.16. The van der Waals surface area contributed by atoms with Gasteiger partial charge in [-0.25, -0.2) is 0 Å². The molecule has 1 saturated carbocycles. The minimum Gasteiger partial charge on any atom is -0.328 e. The van der Waals surface area contributed by atoms with Crippen molar-refractivity contribution in [3.8, 4) is 0 Å². The van der Waals surface area contributed by atoms with E-state index in [1.54, 1.807) is 0 Å². The normalized spacial score (nSPS) is 30.5. The summed E-state index contributed by atoms with van der Waals surface area (Å²) >= 11 is 0. The molecule has 0 amide bonds. The van der Waals surface area contributed by atoms with Gasteiger partial charge < -0.3 is 17.2 Å². The molecule has 3 nitrogen and oxygen atoms in total. The predicted molar refractivity (Wildman–Crippen MR) is 55.6 cm³/mol. The van der Waals surface area contributed by atoms with Gasteiger partial charge in [0.2, 0.25) is 0 Å². The van der Waals surface area contributed by atoms with Gasteiger partial charge in [-0.1, -0.05) is 6.92 Å². The summed E-state index contributed by atoms with van der Waals surface area (Å²) in [5.74, 6) is 0.663. The van der Waals surface area contributed by atoms with Gasteiger partial charge in [-0.15, -0.1) is 0 Å². The summed E-state index contributed by atoms with van der Waals surface area (Å²) in [5, 5.41) is 0. The van der Waals surface area contributed by atoms with Crippen LogP contribution in [0.1, 0.15) is 38.5 Å². The molecule has 0 saturated heterocycles. The molecule has 0 aromatic rings. The van der Waals surface area contributed by atoms with Crippen LogP contribution in [-0.2, 0) is 0 Å². The topological polar surface area (TPSA) is 78.1 Å². The Morgan fingerprint density at radius 3 is 2.15 bits per heavy atom. The molecule has 0 heterocycles. The molecule has 1 fully saturated rings. The smallest absolute Gasteiger partial charge is 0.0639 e. The quantitative estimate of drug-likeness (QED) is 0.566. The average Bonchev–Trinajstić information content (AvgIpc) is 2.09. The lowest BCUT2D eigenvalue weighted by molar-refractivity contribution is 0.248. The maximum absolute atomic E-state index is 5.87. The Morgan fingerprint density at radius 2 is 1.69 bits per heavy atom. The van der Waals surface area contributed by atoms with Crippen LogP contribution in [0.5, 0.6) is 0 Å². The minimum atomic E-state index is -0.563. The maximum atomic E-state index is 5.87. The highest BCUT2D eigenvalue weighted by Gasteiger charge is 2.25. The Bertz CT molecular complexity index is 148. The Kier molecular flexibility index (Phi) is 3.71. The third-order valence-electron chi connectivity index (χ3n) is 3.03. The molecule has 3 heteroatoms. The number of rotatable bonds is 3. The zero-order valence-electron chi connectivity index (χ0n) is 8.34. The van der Waals surface area contributed by atoms with Crippen LogP contribution in [-0.4, -0.2) is 11.7 Å². The Labute approximate surface area is 81.0 Å². The summed E-state index contributed by atoms with van der Waals surface area (Å²) < 4.78 is 0. The van der Waals surface area contributed by atoms with Gasteiger partial charge >= 0.3 is 0 Å². The van der Waals surface area contributed by atoms with Crippen LogP contribution < -0.4 is 17.2 Å². The molecule has 0 spiro atoms. The van der Waals surface area contributed by atoms with E-state index in [1.807, 2.05) is 0 Å². The zero-order chi connectivity index (χ0) is 9.90. The summed E-state index contributed by atoms with van der Waals surface area (Å²) in [6, 6.07) is 0.404. The average molecular weight is 184 g/mol. The molecule has 0 aliphatic heterocycles. The molecule has 1 aliphatic rings. The number of hydrogen-bond donors (Lipinski definition) is 3. The summed E-state index contributed by atoms with van der Waals surface area (Å²) in [4.78, 5) is 0. The van der Waals surface area contributed by atoms with Crippen LogP contribution in [0.3, 0.4) is 0 Å². The van der Waals surface area contributed by atoms with Crippen LogP contribution in [0.15, 0.2) is 0 Å². The van der Waals surface area contributed by atoms with Crippen molar-refractivity contribution in [2.75, 3.05) is 0 Å². The highest BCUT2D eigenvalue weighted by molar-refractivity contribution is 4.84. The van der Waals surface area contributed by atoms with Gasteiger partial charge in [0.05, 0.1) is 5.66 Å². The van der Waals surface area contributed by atoms with Crippen molar-refractivity contribution >= 4 is 0 Å². The van der Waals surface area contributed by atoms with Crippen LogP contribution in [0, 0.1) is 12.8 Å². The zero-order valence-corrected chi connectivity index (χ0v) is 8.34. The Hall–Kier alpha value is -0.120. The highest BCUT2D eigenvalue weighted by atomic mass is 14.9. The van der Waals surface area contributed by atoms with Gasteiger partial charge in [-0.3, -0.25) is 0 Å². The van der Waals surface area contributed by atoms with Crippen LogP contribution >= 0.6 is 0 Å². The number of nitrogens with two attached hydrogens (primary N) is 3. The second kappa shape index (κ2) is 4.40. The molecule has 0 aromatic carbocycles. The first kappa shape index (κ1) is 11.0. The van der Waals surface area contributed by atoms with Crippen molar-refractivity contribution in [1.82, 2.24) is 0 Å². The SMILES string of the molecule is [CH2]CC(N)(N)CC1CCC(N)CC1. The summed E-state index contributed by atoms with van der Waals surface area (Å²) in [6.45, 7) is 3.76. The molecule has 0 unspecified atom stereocenters. The predicted octanol–water partition coefficient (Wildman–Crippen LogP) is 0.732. The fourth-order valence-corrected chi connectivity index (χ4v) is 2.03. The van der Waals surface area contributed by atoms with Crippen molar-refractivity contribution in [1.29, 1.82) is 0 Å². The molecule has 1 rings (SSSR count). The Morgan fingerprint density at radius 1 is 1.15 bits per heavy atom. The second-order valence-corrected chi connectivity index (χ2v) is 4.47. The summed E-state index contributed by atoms with van der Waals surface area (Å²) in [7, 11) is 0. The first-order valence-corrected chi connectivity index (χ1v) is 5.16. The van der Waals surface area contributed by atoms with Crippen molar-refractivity contribution in [3.05, 3.63) is 6.92 Å². The van der Waals surface area contributed by atoms with Gasteiger partial charge in [0.25, 0.3) is 0 Å². The first-order chi connectivity index (χ1) is 6.03. The maximum Gasteiger partial charge on any atom is 0.0639 e. The fraction of sp³-hybridized carbons (Fsp3) is 0.900. The van der Waals surface area contributed by atoms with Gasteiger partial charge in [0.1, 0.15) is 0 Å². The summed E-state index contributed by atoms with van der Waals surface area (Å²) in [5.41, 5.74) is 17.0. The third-order valence-corrected chi connectivity index (χ3v) is 3.03. The van der Waals surface area contributed by atoms with E-state index in [2.05, 4.69) is 6.92 Å². The lowest BCUT2D eigenvalue weighted by Gasteiger charge is -2.32. The van der Waals surface area contributed by atoms with Crippen molar-refractivity contribution in [2.24, 2.45) is 23.1 Å². The van der Waals surface area contributed by atoms with E-state index >= 15 is 0 Å². The fourth-order valence-electron chi connectivity index (χ4n) is 2.03. The molecule has 77 valence electrons. The van der Waals surface area contributed by atoms with Crippen LogP contribution in [0.2, 0.25) is 0 Å². The molecule has 0 atom stereocenters. The van der Waals surface area contributed by atoms with Crippen molar-refractivity contribution < 1.29 is 0 Å².